The largest absolute Gasteiger partial charge is 0.478 e. The zero-order chi connectivity index (χ0) is 15.5. The molecule has 0 atom stereocenters. The van der Waals surface area contributed by atoms with Gasteiger partial charge in [-0.15, -0.1) is 0 Å². The highest BCUT2D eigenvalue weighted by molar-refractivity contribution is 7.89. The lowest BCUT2D eigenvalue weighted by Crippen LogP contribution is -2.35. The molecule has 6 heteroatoms. The van der Waals surface area contributed by atoms with Crippen LogP contribution in [0.5, 0.6) is 0 Å². The first kappa shape index (κ1) is 15.7. The van der Waals surface area contributed by atoms with Crippen molar-refractivity contribution >= 4 is 22.1 Å². The fraction of sp³-hybridized carbons (Fsp3) is 0.400. The van der Waals surface area contributed by atoms with Crippen LogP contribution in [0.15, 0.2) is 35.2 Å². The maximum absolute atomic E-state index is 12.6. The number of rotatable bonds is 5. The van der Waals surface area contributed by atoms with Gasteiger partial charge in [-0.3, -0.25) is 0 Å². The Morgan fingerprint density at radius 1 is 1.33 bits per heavy atom. The maximum Gasteiger partial charge on any atom is 0.328 e. The lowest BCUT2D eigenvalue weighted by Gasteiger charge is -2.23. The second-order valence-electron chi connectivity index (χ2n) is 5.20. The molecule has 0 spiro atoms. The summed E-state index contributed by atoms with van der Waals surface area (Å²) in [5.74, 6) is -1.06. The summed E-state index contributed by atoms with van der Waals surface area (Å²) in [6.07, 6.45) is 6.30. The van der Waals surface area contributed by atoms with Gasteiger partial charge in [0.15, 0.2) is 0 Å². The predicted molar refractivity (Wildman–Crippen MR) is 80.3 cm³/mol. The first-order chi connectivity index (χ1) is 9.91. The monoisotopic (exact) mass is 309 g/mol. The van der Waals surface area contributed by atoms with Gasteiger partial charge in [-0.1, -0.05) is 25.0 Å². The van der Waals surface area contributed by atoms with Crippen LogP contribution in [0.2, 0.25) is 0 Å². The molecule has 21 heavy (non-hydrogen) atoms. The summed E-state index contributed by atoms with van der Waals surface area (Å²) in [6.45, 7) is 0. The summed E-state index contributed by atoms with van der Waals surface area (Å²) in [5.41, 5.74) is 0.554. The number of carboxylic acids is 1. The topological polar surface area (TPSA) is 74.7 Å². The molecule has 0 bridgehead atoms. The normalized spacial score (nSPS) is 16.9. The average molecular weight is 309 g/mol. The number of aliphatic carboxylic acids is 1. The van der Waals surface area contributed by atoms with Gasteiger partial charge < -0.3 is 5.11 Å². The molecule has 1 N–H and O–H groups in total. The van der Waals surface area contributed by atoms with Crippen molar-refractivity contribution < 1.29 is 18.3 Å². The molecule has 0 saturated heterocycles. The summed E-state index contributed by atoms with van der Waals surface area (Å²) < 4.78 is 26.6. The Kier molecular flexibility index (Phi) is 4.80. The Balaban J connectivity index is 2.27. The Morgan fingerprint density at radius 2 is 2.00 bits per heavy atom. The fourth-order valence-electron chi connectivity index (χ4n) is 2.58. The van der Waals surface area contributed by atoms with E-state index in [-0.39, 0.29) is 10.9 Å². The van der Waals surface area contributed by atoms with Crippen molar-refractivity contribution in [2.24, 2.45) is 0 Å². The van der Waals surface area contributed by atoms with Crippen LogP contribution in [-0.4, -0.2) is 36.9 Å². The molecule has 1 fully saturated rings. The highest BCUT2D eigenvalue weighted by Crippen LogP contribution is 2.27. The standard InChI is InChI=1S/C15H19NO4S/c1-16(13-6-2-3-7-13)21(19,20)14-8-4-5-12(11-14)9-10-15(17)18/h4-5,8-11,13H,2-3,6-7H2,1H3,(H,17,18). The summed E-state index contributed by atoms with van der Waals surface area (Å²) in [7, 11) is -1.92. The van der Waals surface area contributed by atoms with Crippen LogP contribution in [0.1, 0.15) is 31.2 Å². The van der Waals surface area contributed by atoms with E-state index < -0.39 is 16.0 Å². The summed E-state index contributed by atoms with van der Waals surface area (Å²) in [5, 5.41) is 8.62. The molecule has 0 heterocycles. The quantitative estimate of drug-likeness (QED) is 0.847. The fourth-order valence-corrected chi connectivity index (χ4v) is 4.05. The Hall–Kier alpha value is -1.66. The van der Waals surface area contributed by atoms with Gasteiger partial charge in [0, 0.05) is 19.2 Å². The van der Waals surface area contributed by atoms with Crippen LogP contribution in [0.3, 0.4) is 0 Å². The third-order valence-corrected chi connectivity index (χ3v) is 5.70. The van der Waals surface area contributed by atoms with E-state index in [0.29, 0.717) is 5.56 Å². The van der Waals surface area contributed by atoms with Crippen LogP contribution in [0, 0.1) is 0 Å². The number of sulfonamides is 1. The lowest BCUT2D eigenvalue weighted by atomic mass is 10.2. The zero-order valence-corrected chi connectivity index (χ0v) is 12.7. The van der Waals surface area contributed by atoms with E-state index in [1.54, 1.807) is 25.2 Å². The molecule has 0 radical (unpaired) electrons. The molecule has 114 valence electrons. The maximum atomic E-state index is 12.6. The van der Waals surface area contributed by atoms with Crippen LogP contribution >= 0.6 is 0 Å². The Morgan fingerprint density at radius 3 is 2.62 bits per heavy atom. The molecule has 1 aromatic rings. The van der Waals surface area contributed by atoms with E-state index in [4.69, 9.17) is 5.11 Å². The third kappa shape index (κ3) is 3.71. The van der Waals surface area contributed by atoms with Crippen molar-refractivity contribution in [3.63, 3.8) is 0 Å². The van der Waals surface area contributed by atoms with E-state index >= 15 is 0 Å². The SMILES string of the molecule is CN(C1CCCC1)S(=O)(=O)c1cccc(C=CC(=O)O)c1. The van der Waals surface area contributed by atoms with Gasteiger partial charge in [0.2, 0.25) is 10.0 Å². The minimum absolute atomic E-state index is 0.0632. The lowest BCUT2D eigenvalue weighted by molar-refractivity contribution is -0.131. The van der Waals surface area contributed by atoms with Crippen molar-refractivity contribution in [2.75, 3.05) is 7.05 Å². The van der Waals surface area contributed by atoms with E-state index in [9.17, 15) is 13.2 Å². The third-order valence-electron chi connectivity index (χ3n) is 3.79. The molecule has 0 unspecified atom stereocenters. The molecule has 0 aliphatic heterocycles. The van der Waals surface area contributed by atoms with Crippen molar-refractivity contribution in [1.29, 1.82) is 0 Å². The van der Waals surface area contributed by atoms with Crippen LogP contribution in [-0.2, 0) is 14.8 Å². The minimum Gasteiger partial charge on any atom is -0.478 e. The summed E-state index contributed by atoms with van der Waals surface area (Å²) >= 11 is 0. The van der Waals surface area contributed by atoms with E-state index in [1.165, 1.54) is 16.4 Å². The van der Waals surface area contributed by atoms with Crippen LogP contribution in [0.25, 0.3) is 6.08 Å². The number of carbonyl (C=O) groups is 1. The van der Waals surface area contributed by atoms with Gasteiger partial charge >= 0.3 is 5.97 Å². The van der Waals surface area contributed by atoms with Crippen molar-refractivity contribution in [1.82, 2.24) is 4.31 Å². The first-order valence-electron chi connectivity index (χ1n) is 6.90. The minimum atomic E-state index is -3.53. The van der Waals surface area contributed by atoms with E-state index in [2.05, 4.69) is 0 Å². The number of carboxylic acid groups (broad SMARTS) is 1. The smallest absolute Gasteiger partial charge is 0.328 e. The molecule has 0 aromatic heterocycles. The number of benzene rings is 1. The molecular weight excluding hydrogens is 290 g/mol. The molecular formula is C15H19NO4S. The van der Waals surface area contributed by atoms with Gasteiger partial charge in [-0.05, 0) is 36.6 Å². The highest BCUT2D eigenvalue weighted by Gasteiger charge is 2.29. The summed E-state index contributed by atoms with van der Waals surface area (Å²) in [6, 6.07) is 6.40. The molecule has 5 nitrogen and oxygen atoms in total. The number of hydrogen-bond donors (Lipinski definition) is 1. The zero-order valence-electron chi connectivity index (χ0n) is 11.9. The van der Waals surface area contributed by atoms with Crippen LogP contribution in [0.4, 0.5) is 0 Å². The Bertz CT molecular complexity index is 645. The first-order valence-corrected chi connectivity index (χ1v) is 8.34. The summed E-state index contributed by atoms with van der Waals surface area (Å²) in [4.78, 5) is 10.7. The number of hydrogen-bond acceptors (Lipinski definition) is 3. The van der Waals surface area contributed by atoms with Gasteiger partial charge in [-0.2, -0.15) is 4.31 Å². The highest BCUT2D eigenvalue weighted by atomic mass is 32.2. The average Bonchev–Trinajstić information content (AvgIpc) is 2.98. The second kappa shape index (κ2) is 6.41. The molecule has 1 aliphatic carbocycles. The van der Waals surface area contributed by atoms with Gasteiger partial charge in [-0.25, -0.2) is 13.2 Å². The number of nitrogens with zero attached hydrogens (tertiary/aromatic N) is 1. The molecule has 0 amide bonds. The van der Waals surface area contributed by atoms with Gasteiger partial charge in [0.1, 0.15) is 0 Å². The molecule has 1 saturated carbocycles. The van der Waals surface area contributed by atoms with E-state index in [0.717, 1.165) is 31.8 Å². The van der Waals surface area contributed by atoms with Gasteiger partial charge in [0.25, 0.3) is 0 Å². The molecule has 2 rings (SSSR count). The predicted octanol–water partition coefficient (Wildman–Crippen LogP) is 2.35. The Labute approximate surface area is 124 Å². The second-order valence-corrected chi connectivity index (χ2v) is 7.20. The van der Waals surface area contributed by atoms with Crippen LogP contribution < -0.4 is 0 Å². The molecule has 1 aliphatic rings. The molecule has 1 aromatic carbocycles. The van der Waals surface area contributed by atoms with Crippen molar-refractivity contribution in [3.05, 3.63) is 35.9 Å². The van der Waals surface area contributed by atoms with Crippen molar-refractivity contribution in [2.45, 2.75) is 36.6 Å². The van der Waals surface area contributed by atoms with Crippen molar-refractivity contribution in [3.8, 4) is 0 Å². The van der Waals surface area contributed by atoms with Gasteiger partial charge in [0.05, 0.1) is 4.90 Å². The van der Waals surface area contributed by atoms with E-state index in [1.807, 2.05) is 0 Å².